The lowest BCUT2D eigenvalue weighted by Gasteiger charge is -2.29. The number of amides is 4. The summed E-state index contributed by atoms with van der Waals surface area (Å²) in [5.74, 6) is -1.61. The molecule has 3 N–H and O–H groups in total. The second-order valence-corrected chi connectivity index (χ2v) is 5.14. The van der Waals surface area contributed by atoms with E-state index in [1.807, 2.05) is 0 Å². The molecule has 3 rings (SSSR count). The van der Waals surface area contributed by atoms with Gasteiger partial charge in [0.15, 0.2) is 0 Å². The summed E-state index contributed by atoms with van der Waals surface area (Å²) in [6.07, 6.45) is 0.524. The number of nitrogens with zero attached hydrogens (tertiary/aromatic N) is 1. The molecule has 0 bridgehead atoms. The molecule has 4 amide bonds. The monoisotopic (exact) mass is 287 g/mol. The van der Waals surface area contributed by atoms with Crippen molar-refractivity contribution < 1.29 is 19.2 Å². The average Bonchev–Trinajstić information content (AvgIpc) is 2.75. The van der Waals surface area contributed by atoms with E-state index in [4.69, 9.17) is 5.73 Å². The first kappa shape index (κ1) is 13.3. The summed E-state index contributed by atoms with van der Waals surface area (Å²) in [5.41, 5.74) is 6.67. The van der Waals surface area contributed by atoms with E-state index in [-0.39, 0.29) is 24.8 Å². The van der Waals surface area contributed by atoms with E-state index >= 15 is 0 Å². The number of primary amides is 1. The highest BCUT2D eigenvalue weighted by molar-refractivity contribution is 6.06. The van der Waals surface area contributed by atoms with Crippen LogP contribution < -0.4 is 11.1 Å². The van der Waals surface area contributed by atoms with Gasteiger partial charge in [-0.3, -0.25) is 24.5 Å². The van der Waals surface area contributed by atoms with Gasteiger partial charge in [0.05, 0.1) is 0 Å². The number of benzene rings is 1. The molecule has 0 spiro atoms. The van der Waals surface area contributed by atoms with E-state index in [1.165, 1.54) is 11.0 Å². The van der Waals surface area contributed by atoms with Crippen molar-refractivity contribution in [3.05, 3.63) is 34.9 Å². The second-order valence-electron chi connectivity index (χ2n) is 5.14. The van der Waals surface area contributed by atoms with Crippen LogP contribution in [0.15, 0.2) is 18.2 Å². The minimum atomic E-state index is -0.653. The smallest absolute Gasteiger partial charge is 0.255 e. The van der Waals surface area contributed by atoms with Crippen LogP contribution >= 0.6 is 0 Å². The van der Waals surface area contributed by atoms with Crippen LogP contribution in [-0.2, 0) is 16.1 Å². The molecular weight excluding hydrogens is 274 g/mol. The van der Waals surface area contributed by atoms with Crippen molar-refractivity contribution in [1.29, 1.82) is 0 Å². The lowest BCUT2D eigenvalue weighted by molar-refractivity contribution is -0.136. The molecule has 21 heavy (non-hydrogen) atoms. The Labute approximate surface area is 120 Å². The zero-order valence-corrected chi connectivity index (χ0v) is 11.1. The quantitative estimate of drug-likeness (QED) is 0.717. The third-order valence-corrected chi connectivity index (χ3v) is 3.81. The van der Waals surface area contributed by atoms with E-state index in [9.17, 15) is 19.2 Å². The molecule has 2 heterocycles. The summed E-state index contributed by atoms with van der Waals surface area (Å²) in [5, 5.41) is 2.24. The number of fused-ring (bicyclic) bond motifs is 1. The van der Waals surface area contributed by atoms with E-state index in [0.29, 0.717) is 23.1 Å². The Hall–Kier alpha value is -2.70. The number of nitrogens with one attached hydrogen (secondary N) is 1. The molecule has 0 saturated carbocycles. The van der Waals surface area contributed by atoms with Crippen LogP contribution in [0, 0.1) is 0 Å². The van der Waals surface area contributed by atoms with Crippen molar-refractivity contribution in [2.75, 3.05) is 0 Å². The fraction of sp³-hybridized carbons (Fsp3) is 0.286. The van der Waals surface area contributed by atoms with Gasteiger partial charge < -0.3 is 10.6 Å². The maximum atomic E-state index is 12.3. The molecular formula is C14H13N3O4. The van der Waals surface area contributed by atoms with Crippen molar-refractivity contribution >= 4 is 23.6 Å². The fourth-order valence-corrected chi connectivity index (χ4v) is 2.73. The van der Waals surface area contributed by atoms with Crippen LogP contribution in [0.25, 0.3) is 0 Å². The maximum absolute atomic E-state index is 12.3. The highest BCUT2D eigenvalue weighted by Crippen LogP contribution is 2.28. The average molecular weight is 287 g/mol. The van der Waals surface area contributed by atoms with Gasteiger partial charge in [-0.1, -0.05) is 0 Å². The predicted molar refractivity (Wildman–Crippen MR) is 71.0 cm³/mol. The largest absolute Gasteiger partial charge is 0.366 e. The van der Waals surface area contributed by atoms with Crippen molar-refractivity contribution in [2.45, 2.75) is 25.4 Å². The summed E-state index contributed by atoms with van der Waals surface area (Å²) in [4.78, 5) is 48.0. The third-order valence-electron chi connectivity index (χ3n) is 3.81. The zero-order chi connectivity index (χ0) is 15.1. The molecule has 2 aliphatic rings. The first-order valence-corrected chi connectivity index (χ1v) is 6.55. The Morgan fingerprint density at radius 1 is 1.29 bits per heavy atom. The molecule has 1 aromatic carbocycles. The predicted octanol–water partition coefficient (Wildman–Crippen LogP) is -0.454. The van der Waals surface area contributed by atoms with Crippen LogP contribution in [-0.4, -0.2) is 34.6 Å². The normalized spacial score (nSPS) is 21.2. The highest BCUT2D eigenvalue weighted by atomic mass is 16.2. The topological polar surface area (TPSA) is 110 Å². The number of hydrogen-bond acceptors (Lipinski definition) is 4. The fourth-order valence-electron chi connectivity index (χ4n) is 2.73. The molecule has 0 radical (unpaired) electrons. The van der Waals surface area contributed by atoms with Gasteiger partial charge in [0.25, 0.3) is 5.91 Å². The number of piperidine rings is 1. The van der Waals surface area contributed by atoms with E-state index < -0.39 is 17.9 Å². The van der Waals surface area contributed by atoms with E-state index in [1.54, 1.807) is 12.1 Å². The Morgan fingerprint density at radius 3 is 2.71 bits per heavy atom. The number of hydrogen-bond donors (Lipinski definition) is 2. The van der Waals surface area contributed by atoms with Gasteiger partial charge in [-0.2, -0.15) is 0 Å². The number of carbonyl (C=O) groups is 4. The standard InChI is InChI=1S/C14H13N3O4/c15-12(19)7-1-2-9-8(5-7)6-17(14(9)21)10-3-4-11(18)16-13(10)20/h1-2,5,10H,3-4,6H2,(H2,15,19)(H,16,18,20)/t10-/m0/s1. The van der Waals surface area contributed by atoms with Gasteiger partial charge >= 0.3 is 0 Å². The number of rotatable bonds is 2. The Bertz CT molecular complexity index is 683. The molecule has 2 aliphatic heterocycles. The van der Waals surface area contributed by atoms with Crippen LogP contribution in [0.3, 0.4) is 0 Å². The summed E-state index contributed by atoms with van der Waals surface area (Å²) >= 11 is 0. The van der Waals surface area contributed by atoms with Crippen molar-refractivity contribution in [3.8, 4) is 0 Å². The van der Waals surface area contributed by atoms with Crippen molar-refractivity contribution in [2.24, 2.45) is 5.73 Å². The molecule has 7 heteroatoms. The zero-order valence-electron chi connectivity index (χ0n) is 11.1. The molecule has 7 nitrogen and oxygen atoms in total. The summed E-state index contributed by atoms with van der Waals surface area (Å²) in [6.45, 7) is 0.238. The molecule has 0 unspecified atom stereocenters. The number of imide groups is 1. The first-order valence-electron chi connectivity index (χ1n) is 6.55. The van der Waals surface area contributed by atoms with Crippen molar-refractivity contribution in [1.82, 2.24) is 10.2 Å². The van der Waals surface area contributed by atoms with Crippen LogP contribution in [0.2, 0.25) is 0 Å². The molecule has 108 valence electrons. The summed E-state index contributed by atoms with van der Waals surface area (Å²) in [7, 11) is 0. The Kier molecular flexibility index (Phi) is 2.97. The first-order chi connectivity index (χ1) is 9.97. The minimum absolute atomic E-state index is 0.211. The van der Waals surface area contributed by atoms with E-state index in [2.05, 4.69) is 5.32 Å². The van der Waals surface area contributed by atoms with Gasteiger partial charge in [-0.25, -0.2) is 0 Å². The van der Waals surface area contributed by atoms with Crippen LogP contribution in [0.4, 0.5) is 0 Å². The number of nitrogens with two attached hydrogens (primary N) is 1. The lowest BCUT2D eigenvalue weighted by Crippen LogP contribution is -2.52. The molecule has 1 saturated heterocycles. The summed E-state index contributed by atoms with van der Waals surface area (Å²) in [6, 6.07) is 3.96. The Balaban J connectivity index is 1.88. The third kappa shape index (κ3) is 2.16. The Morgan fingerprint density at radius 2 is 2.05 bits per heavy atom. The molecule has 1 aromatic rings. The minimum Gasteiger partial charge on any atom is -0.366 e. The highest BCUT2D eigenvalue weighted by Gasteiger charge is 2.39. The molecule has 0 aromatic heterocycles. The molecule has 1 fully saturated rings. The van der Waals surface area contributed by atoms with Gasteiger partial charge in [-0.15, -0.1) is 0 Å². The van der Waals surface area contributed by atoms with Gasteiger partial charge in [-0.05, 0) is 30.2 Å². The van der Waals surface area contributed by atoms with Crippen LogP contribution in [0.5, 0.6) is 0 Å². The maximum Gasteiger partial charge on any atom is 0.255 e. The molecule has 1 atom stereocenters. The van der Waals surface area contributed by atoms with Crippen molar-refractivity contribution in [3.63, 3.8) is 0 Å². The van der Waals surface area contributed by atoms with Gasteiger partial charge in [0, 0.05) is 24.1 Å². The van der Waals surface area contributed by atoms with Gasteiger partial charge in [0.2, 0.25) is 17.7 Å². The number of carbonyl (C=O) groups excluding carboxylic acids is 4. The summed E-state index contributed by atoms with van der Waals surface area (Å²) < 4.78 is 0. The molecule has 0 aliphatic carbocycles. The second kappa shape index (κ2) is 4.69. The lowest BCUT2D eigenvalue weighted by atomic mass is 10.0. The van der Waals surface area contributed by atoms with Gasteiger partial charge in [0.1, 0.15) is 6.04 Å². The van der Waals surface area contributed by atoms with E-state index in [0.717, 1.165) is 0 Å². The van der Waals surface area contributed by atoms with Crippen LogP contribution in [0.1, 0.15) is 39.1 Å². The SMILES string of the molecule is NC(=O)c1ccc2c(c1)CN([C@H]1CCC(=O)NC1=O)C2=O.